The number of methoxy groups -OCH3 is 1. The second-order valence-electron chi connectivity index (χ2n) is 6.20. The summed E-state index contributed by atoms with van der Waals surface area (Å²) < 4.78 is 10.8. The Morgan fingerprint density at radius 1 is 0.963 bits per heavy atom. The van der Waals surface area contributed by atoms with Crippen LogP contribution in [0.1, 0.15) is 12.5 Å². The smallest absolute Gasteiger partial charge is 0.242 e. The number of nitrogens with zero attached hydrogens (tertiary/aromatic N) is 2. The van der Waals surface area contributed by atoms with Crippen LogP contribution in [0.5, 0.6) is 11.5 Å². The first-order valence-corrected chi connectivity index (χ1v) is 8.80. The fourth-order valence-corrected chi connectivity index (χ4v) is 2.52. The van der Waals surface area contributed by atoms with Gasteiger partial charge in [-0.25, -0.2) is 0 Å². The number of benzene rings is 2. The number of likely N-dealkylation sites (N-methyl/N-ethyl adjacent to an activating group) is 1. The highest BCUT2D eigenvalue weighted by Gasteiger charge is 2.17. The van der Waals surface area contributed by atoms with Crippen molar-refractivity contribution in [3.63, 3.8) is 0 Å². The molecule has 0 fully saturated rings. The molecule has 6 nitrogen and oxygen atoms in total. The summed E-state index contributed by atoms with van der Waals surface area (Å²) in [7, 11) is 3.34. The van der Waals surface area contributed by atoms with E-state index in [2.05, 4.69) is 0 Å². The molecule has 6 heteroatoms. The van der Waals surface area contributed by atoms with Crippen LogP contribution in [-0.2, 0) is 16.1 Å². The van der Waals surface area contributed by atoms with Crippen LogP contribution < -0.4 is 9.47 Å². The van der Waals surface area contributed by atoms with Gasteiger partial charge in [0.15, 0.2) is 0 Å². The number of carbonyl (C=O) groups excluding carboxylic acids is 2. The first-order chi connectivity index (χ1) is 13.0. The van der Waals surface area contributed by atoms with Crippen LogP contribution in [0.15, 0.2) is 54.6 Å². The molecule has 0 spiro atoms. The van der Waals surface area contributed by atoms with Crippen LogP contribution in [0.25, 0.3) is 0 Å². The van der Waals surface area contributed by atoms with Gasteiger partial charge in [0, 0.05) is 20.5 Å². The third kappa shape index (κ3) is 6.66. The SMILES string of the molecule is COc1ccc(OCCN(CC(=O)N(C)Cc2ccccc2)C(C)=O)cc1. The highest BCUT2D eigenvalue weighted by molar-refractivity contribution is 5.83. The fraction of sp³-hybridized carbons (Fsp3) is 0.333. The zero-order valence-electron chi connectivity index (χ0n) is 16.1. The molecule has 0 heterocycles. The molecule has 0 N–H and O–H groups in total. The van der Waals surface area contributed by atoms with Crippen molar-refractivity contribution in [2.75, 3.05) is 33.9 Å². The van der Waals surface area contributed by atoms with Crippen molar-refractivity contribution in [1.29, 1.82) is 0 Å². The van der Waals surface area contributed by atoms with Crippen LogP contribution >= 0.6 is 0 Å². The van der Waals surface area contributed by atoms with Crippen LogP contribution in [0.2, 0.25) is 0 Å². The largest absolute Gasteiger partial charge is 0.497 e. The molecule has 2 aromatic carbocycles. The molecule has 0 unspecified atom stereocenters. The van der Waals surface area contributed by atoms with E-state index in [4.69, 9.17) is 9.47 Å². The van der Waals surface area contributed by atoms with E-state index >= 15 is 0 Å². The summed E-state index contributed by atoms with van der Waals surface area (Å²) in [6.07, 6.45) is 0. The zero-order chi connectivity index (χ0) is 19.6. The van der Waals surface area contributed by atoms with Gasteiger partial charge in [-0.3, -0.25) is 9.59 Å². The van der Waals surface area contributed by atoms with Crippen molar-refractivity contribution in [3.8, 4) is 11.5 Å². The molecular formula is C21H26N2O4. The van der Waals surface area contributed by atoms with E-state index in [0.29, 0.717) is 25.4 Å². The van der Waals surface area contributed by atoms with Crippen molar-refractivity contribution < 1.29 is 19.1 Å². The zero-order valence-corrected chi connectivity index (χ0v) is 16.1. The summed E-state index contributed by atoms with van der Waals surface area (Å²) >= 11 is 0. The molecule has 27 heavy (non-hydrogen) atoms. The maximum atomic E-state index is 12.4. The summed E-state index contributed by atoms with van der Waals surface area (Å²) in [5, 5.41) is 0. The van der Waals surface area contributed by atoms with Crippen molar-refractivity contribution in [1.82, 2.24) is 9.80 Å². The maximum Gasteiger partial charge on any atom is 0.242 e. The topological polar surface area (TPSA) is 59.1 Å². The quantitative estimate of drug-likeness (QED) is 0.681. The second-order valence-corrected chi connectivity index (χ2v) is 6.20. The monoisotopic (exact) mass is 370 g/mol. The molecule has 0 radical (unpaired) electrons. The van der Waals surface area contributed by atoms with Crippen molar-refractivity contribution in [2.45, 2.75) is 13.5 Å². The van der Waals surface area contributed by atoms with E-state index in [1.807, 2.05) is 30.3 Å². The fourth-order valence-electron chi connectivity index (χ4n) is 2.52. The lowest BCUT2D eigenvalue weighted by Gasteiger charge is -2.24. The molecule has 0 aliphatic heterocycles. The molecule has 0 aromatic heterocycles. The van der Waals surface area contributed by atoms with E-state index in [1.165, 1.54) is 11.8 Å². The molecule has 0 aliphatic carbocycles. The Kier molecular flexibility index (Phi) is 7.67. The van der Waals surface area contributed by atoms with Gasteiger partial charge >= 0.3 is 0 Å². The van der Waals surface area contributed by atoms with Crippen LogP contribution in [-0.4, -0.2) is 55.5 Å². The molecule has 2 amide bonds. The van der Waals surface area contributed by atoms with Gasteiger partial charge in [-0.2, -0.15) is 0 Å². The first kappa shape index (κ1) is 20.3. The minimum absolute atomic E-state index is 0.0324. The van der Waals surface area contributed by atoms with Gasteiger partial charge in [0.05, 0.1) is 20.2 Å². The minimum Gasteiger partial charge on any atom is -0.497 e. The molecule has 2 rings (SSSR count). The summed E-state index contributed by atoms with van der Waals surface area (Å²) in [6.45, 7) is 2.64. The Morgan fingerprint density at radius 3 is 2.19 bits per heavy atom. The second kappa shape index (κ2) is 10.2. The van der Waals surface area contributed by atoms with E-state index in [1.54, 1.807) is 43.3 Å². The summed E-state index contributed by atoms with van der Waals surface area (Å²) in [4.78, 5) is 27.4. The summed E-state index contributed by atoms with van der Waals surface area (Å²) in [5.41, 5.74) is 1.05. The predicted octanol–water partition coefficient (Wildman–Crippen LogP) is 2.58. The molecule has 0 bridgehead atoms. The molecule has 0 atom stereocenters. The van der Waals surface area contributed by atoms with Crippen molar-refractivity contribution >= 4 is 11.8 Å². The number of hydrogen-bond acceptors (Lipinski definition) is 4. The van der Waals surface area contributed by atoms with Gasteiger partial charge in [-0.05, 0) is 29.8 Å². The van der Waals surface area contributed by atoms with E-state index < -0.39 is 0 Å². The third-order valence-corrected chi connectivity index (χ3v) is 4.15. The van der Waals surface area contributed by atoms with E-state index in [9.17, 15) is 9.59 Å². The lowest BCUT2D eigenvalue weighted by Crippen LogP contribution is -2.42. The van der Waals surface area contributed by atoms with Crippen LogP contribution in [0.4, 0.5) is 0 Å². The summed E-state index contributed by atoms with van der Waals surface area (Å²) in [6, 6.07) is 17.0. The van der Waals surface area contributed by atoms with Gasteiger partial charge in [0.1, 0.15) is 18.1 Å². The predicted molar refractivity (Wildman–Crippen MR) is 104 cm³/mol. The summed E-state index contributed by atoms with van der Waals surface area (Å²) in [5.74, 6) is 1.17. The molecule has 144 valence electrons. The van der Waals surface area contributed by atoms with E-state index in [0.717, 1.165) is 11.3 Å². The standard InChI is InChI=1S/C21H26N2O4/c1-17(24)23(13-14-27-20-11-9-19(26-3)10-12-20)16-21(25)22(2)15-18-7-5-4-6-8-18/h4-12H,13-16H2,1-3H3. The normalized spacial score (nSPS) is 10.2. The lowest BCUT2D eigenvalue weighted by molar-refractivity contribution is -0.139. The third-order valence-electron chi connectivity index (χ3n) is 4.15. The minimum atomic E-state index is -0.158. The number of rotatable bonds is 9. The number of amides is 2. The Bertz CT molecular complexity index is 732. The van der Waals surface area contributed by atoms with Gasteiger partial charge in [0.25, 0.3) is 0 Å². The average molecular weight is 370 g/mol. The van der Waals surface area contributed by atoms with Gasteiger partial charge in [-0.1, -0.05) is 30.3 Å². The van der Waals surface area contributed by atoms with Crippen molar-refractivity contribution in [3.05, 3.63) is 60.2 Å². The number of hydrogen-bond donors (Lipinski definition) is 0. The van der Waals surface area contributed by atoms with Gasteiger partial charge < -0.3 is 19.3 Å². The van der Waals surface area contributed by atoms with Crippen LogP contribution in [0, 0.1) is 0 Å². The molecule has 2 aromatic rings. The number of ether oxygens (including phenoxy) is 2. The average Bonchev–Trinajstić information content (AvgIpc) is 2.68. The first-order valence-electron chi connectivity index (χ1n) is 8.80. The van der Waals surface area contributed by atoms with Gasteiger partial charge in [0.2, 0.25) is 11.8 Å². The molecule has 0 aliphatic rings. The Balaban J connectivity index is 1.83. The lowest BCUT2D eigenvalue weighted by atomic mass is 10.2. The molecular weight excluding hydrogens is 344 g/mol. The van der Waals surface area contributed by atoms with Crippen LogP contribution in [0.3, 0.4) is 0 Å². The highest BCUT2D eigenvalue weighted by Crippen LogP contribution is 2.16. The number of carbonyl (C=O) groups is 2. The Labute approximate surface area is 160 Å². The molecule has 0 saturated carbocycles. The van der Waals surface area contributed by atoms with Crippen molar-refractivity contribution in [2.24, 2.45) is 0 Å². The maximum absolute atomic E-state index is 12.4. The van der Waals surface area contributed by atoms with Gasteiger partial charge in [-0.15, -0.1) is 0 Å². The molecule has 0 saturated heterocycles. The Hall–Kier alpha value is -3.02. The van der Waals surface area contributed by atoms with E-state index in [-0.39, 0.29) is 18.4 Å². The highest BCUT2D eigenvalue weighted by atomic mass is 16.5. The Morgan fingerprint density at radius 2 is 1.59 bits per heavy atom.